The summed E-state index contributed by atoms with van der Waals surface area (Å²) in [7, 11) is 0. The Bertz CT molecular complexity index is 465. The molecule has 0 bridgehead atoms. The zero-order chi connectivity index (χ0) is 13.7. The highest BCUT2D eigenvalue weighted by Crippen LogP contribution is 2.20. The van der Waals surface area contributed by atoms with Gasteiger partial charge in [-0.05, 0) is 12.5 Å². The van der Waals surface area contributed by atoms with E-state index in [1.54, 1.807) is 0 Å². The van der Waals surface area contributed by atoms with Crippen LogP contribution in [0.4, 0.5) is 5.69 Å². The Morgan fingerprint density at radius 2 is 2.22 bits per heavy atom. The van der Waals surface area contributed by atoms with Crippen LogP contribution in [-0.4, -0.2) is 23.4 Å². The molecular weight excluding hydrogens is 258 g/mol. The molecular formula is C11H14ClN3O3. The number of benzene rings is 1. The maximum Gasteiger partial charge on any atom is 0.271 e. The second-order valence-electron chi connectivity index (χ2n) is 3.83. The third-order valence-electron chi connectivity index (χ3n) is 2.40. The number of nitrogens with one attached hydrogen (secondary N) is 1. The minimum atomic E-state index is -0.597. The highest BCUT2D eigenvalue weighted by atomic mass is 35.5. The van der Waals surface area contributed by atoms with Crippen LogP contribution in [0.2, 0.25) is 5.02 Å². The topological polar surface area (TPSA) is 98.3 Å². The first-order valence-corrected chi connectivity index (χ1v) is 5.80. The predicted octanol–water partition coefficient (Wildman–Crippen LogP) is 1.72. The molecule has 0 radical (unpaired) electrons. The molecule has 0 fully saturated rings. The number of carbonyl (C=O) groups is 1. The lowest BCUT2D eigenvalue weighted by Gasteiger charge is -2.10. The summed E-state index contributed by atoms with van der Waals surface area (Å²) in [5, 5.41) is 13.4. The second-order valence-corrected chi connectivity index (χ2v) is 4.27. The molecule has 1 rings (SSSR count). The first kappa shape index (κ1) is 14.4. The van der Waals surface area contributed by atoms with Crippen LogP contribution in [0.1, 0.15) is 23.7 Å². The zero-order valence-corrected chi connectivity index (χ0v) is 10.6. The van der Waals surface area contributed by atoms with Crippen molar-refractivity contribution < 1.29 is 9.72 Å². The van der Waals surface area contributed by atoms with E-state index in [2.05, 4.69) is 5.32 Å². The van der Waals surface area contributed by atoms with Crippen molar-refractivity contribution in [2.24, 2.45) is 5.73 Å². The van der Waals surface area contributed by atoms with E-state index >= 15 is 0 Å². The molecule has 18 heavy (non-hydrogen) atoms. The van der Waals surface area contributed by atoms with Crippen molar-refractivity contribution >= 4 is 23.2 Å². The number of halogens is 1. The van der Waals surface area contributed by atoms with E-state index in [1.165, 1.54) is 18.2 Å². The van der Waals surface area contributed by atoms with Gasteiger partial charge < -0.3 is 11.1 Å². The maximum absolute atomic E-state index is 11.7. The Labute approximate surface area is 109 Å². The van der Waals surface area contributed by atoms with Crippen LogP contribution in [0.5, 0.6) is 0 Å². The van der Waals surface area contributed by atoms with Gasteiger partial charge in [0.2, 0.25) is 0 Å². The fourth-order valence-corrected chi connectivity index (χ4v) is 1.51. The summed E-state index contributed by atoms with van der Waals surface area (Å²) < 4.78 is 0. The number of nitrogens with zero attached hydrogens (tertiary/aromatic N) is 1. The van der Waals surface area contributed by atoms with Crippen LogP contribution in [0.3, 0.4) is 0 Å². The van der Waals surface area contributed by atoms with Gasteiger partial charge >= 0.3 is 0 Å². The van der Waals surface area contributed by atoms with Crippen LogP contribution >= 0.6 is 11.6 Å². The molecule has 0 aliphatic heterocycles. The number of nitrogens with two attached hydrogens (primary N) is 1. The predicted molar refractivity (Wildman–Crippen MR) is 68.7 cm³/mol. The van der Waals surface area contributed by atoms with E-state index in [-0.39, 0.29) is 22.3 Å². The summed E-state index contributed by atoms with van der Waals surface area (Å²) >= 11 is 5.72. The normalized spacial score (nSPS) is 11.9. The van der Waals surface area contributed by atoms with Crippen LogP contribution in [-0.2, 0) is 0 Å². The lowest BCUT2D eigenvalue weighted by molar-refractivity contribution is -0.384. The number of hydrogen-bond donors (Lipinski definition) is 2. The summed E-state index contributed by atoms with van der Waals surface area (Å²) in [6, 6.07) is 3.61. The molecule has 0 saturated carbocycles. The Hall–Kier alpha value is -1.66. The summed E-state index contributed by atoms with van der Waals surface area (Å²) in [6.45, 7) is 2.22. The van der Waals surface area contributed by atoms with Gasteiger partial charge in [-0.15, -0.1) is 0 Å². The molecule has 0 spiro atoms. The van der Waals surface area contributed by atoms with Crippen molar-refractivity contribution in [3.05, 3.63) is 38.9 Å². The molecule has 1 atom stereocenters. The molecule has 6 nitrogen and oxygen atoms in total. The lowest BCUT2D eigenvalue weighted by Crippen LogP contribution is -2.36. The summed E-state index contributed by atoms with van der Waals surface area (Å²) in [4.78, 5) is 21.8. The molecule has 0 saturated heterocycles. The summed E-state index contributed by atoms with van der Waals surface area (Å²) in [6.07, 6.45) is 0.732. The van der Waals surface area contributed by atoms with E-state index in [0.717, 1.165) is 6.42 Å². The van der Waals surface area contributed by atoms with E-state index in [4.69, 9.17) is 17.3 Å². The molecule has 1 aromatic carbocycles. The van der Waals surface area contributed by atoms with Gasteiger partial charge in [0.25, 0.3) is 11.6 Å². The van der Waals surface area contributed by atoms with Crippen molar-refractivity contribution in [2.45, 2.75) is 19.4 Å². The van der Waals surface area contributed by atoms with Gasteiger partial charge in [-0.1, -0.05) is 18.5 Å². The van der Waals surface area contributed by atoms with Crippen LogP contribution in [0.15, 0.2) is 18.2 Å². The van der Waals surface area contributed by atoms with Gasteiger partial charge in [0.15, 0.2) is 0 Å². The van der Waals surface area contributed by atoms with Gasteiger partial charge in [0, 0.05) is 35.3 Å². The molecule has 3 N–H and O–H groups in total. The molecule has 7 heteroatoms. The molecule has 1 aromatic rings. The smallest absolute Gasteiger partial charge is 0.271 e. The van der Waals surface area contributed by atoms with Gasteiger partial charge in [0.1, 0.15) is 0 Å². The Morgan fingerprint density at radius 1 is 1.56 bits per heavy atom. The standard InChI is InChI=1S/C11H14ClN3O3/c1-2-9(13)6-14-11(16)7-3-8(12)5-10(4-7)15(17)18/h3-5,9H,2,6,13H2,1H3,(H,14,16). The Morgan fingerprint density at radius 3 is 2.78 bits per heavy atom. The third kappa shape index (κ3) is 3.97. The molecule has 0 aromatic heterocycles. The van der Waals surface area contributed by atoms with Gasteiger partial charge in [0.05, 0.1) is 4.92 Å². The van der Waals surface area contributed by atoms with E-state index in [0.29, 0.717) is 6.54 Å². The van der Waals surface area contributed by atoms with Gasteiger partial charge in [-0.25, -0.2) is 0 Å². The van der Waals surface area contributed by atoms with Crippen LogP contribution in [0.25, 0.3) is 0 Å². The number of hydrogen-bond acceptors (Lipinski definition) is 4. The molecule has 0 heterocycles. The van der Waals surface area contributed by atoms with Crippen molar-refractivity contribution in [1.82, 2.24) is 5.32 Å². The van der Waals surface area contributed by atoms with Crippen LogP contribution < -0.4 is 11.1 Å². The highest BCUT2D eigenvalue weighted by molar-refractivity contribution is 6.31. The van der Waals surface area contributed by atoms with E-state index in [9.17, 15) is 14.9 Å². The number of nitro benzene ring substituents is 1. The zero-order valence-electron chi connectivity index (χ0n) is 9.85. The first-order chi connectivity index (χ1) is 8.43. The number of carbonyl (C=O) groups excluding carboxylic acids is 1. The number of nitro groups is 1. The maximum atomic E-state index is 11.7. The fraction of sp³-hybridized carbons (Fsp3) is 0.364. The molecule has 1 amide bonds. The largest absolute Gasteiger partial charge is 0.350 e. The van der Waals surface area contributed by atoms with E-state index in [1.807, 2.05) is 6.92 Å². The summed E-state index contributed by atoms with van der Waals surface area (Å²) in [5.41, 5.74) is 5.59. The highest BCUT2D eigenvalue weighted by Gasteiger charge is 2.14. The van der Waals surface area contributed by atoms with Crippen molar-refractivity contribution in [1.29, 1.82) is 0 Å². The minimum Gasteiger partial charge on any atom is -0.350 e. The van der Waals surface area contributed by atoms with E-state index < -0.39 is 10.8 Å². The number of amides is 1. The Kier molecular flexibility index (Phi) is 5.06. The summed E-state index contributed by atoms with van der Waals surface area (Å²) in [5.74, 6) is -0.426. The van der Waals surface area contributed by atoms with Gasteiger partial charge in [-0.2, -0.15) is 0 Å². The molecule has 98 valence electrons. The average molecular weight is 272 g/mol. The number of rotatable bonds is 5. The van der Waals surface area contributed by atoms with Crippen LogP contribution in [0, 0.1) is 10.1 Å². The lowest BCUT2D eigenvalue weighted by atomic mass is 10.1. The average Bonchev–Trinajstić information content (AvgIpc) is 2.34. The van der Waals surface area contributed by atoms with Gasteiger partial charge in [-0.3, -0.25) is 14.9 Å². The number of non-ortho nitro benzene ring substituents is 1. The molecule has 0 aliphatic rings. The third-order valence-corrected chi connectivity index (χ3v) is 2.62. The van der Waals surface area contributed by atoms with Crippen molar-refractivity contribution in [2.75, 3.05) is 6.54 Å². The minimum absolute atomic E-state index is 0.136. The second kappa shape index (κ2) is 6.32. The quantitative estimate of drug-likeness (QED) is 0.629. The SMILES string of the molecule is CCC(N)CNC(=O)c1cc(Cl)cc([N+](=O)[O-])c1. The fourth-order valence-electron chi connectivity index (χ4n) is 1.28. The van der Waals surface area contributed by atoms with Crippen molar-refractivity contribution in [3.8, 4) is 0 Å². The first-order valence-electron chi connectivity index (χ1n) is 5.42. The van der Waals surface area contributed by atoms with Crippen molar-refractivity contribution in [3.63, 3.8) is 0 Å². The monoisotopic (exact) mass is 271 g/mol. The Balaban J connectivity index is 2.82. The molecule has 1 unspecified atom stereocenters. The molecule has 0 aliphatic carbocycles.